The summed E-state index contributed by atoms with van der Waals surface area (Å²) in [5.41, 5.74) is 0. The van der Waals surface area contributed by atoms with Crippen LogP contribution in [-0.2, 0) is 4.79 Å². The van der Waals surface area contributed by atoms with E-state index in [4.69, 9.17) is 0 Å². The van der Waals surface area contributed by atoms with Crippen molar-refractivity contribution < 1.29 is 4.79 Å². The Balaban J connectivity index is 3.45. The molecule has 0 aliphatic carbocycles. The van der Waals surface area contributed by atoms with E-state index in [1.54, 1.807) is 0 Å². The normalized spacial score (nSPS) is 12.8. The van der Waals surface area contributed by atoms with Crippen LogP contribution in [0.3, 0.4) is 0 Å². The third-order valence-electron chi connectivity index (χ3n) is 1.34. The minimum absolute atomic E-state index is 0.0417. The molecule has 9 heavy (non-hydrogen) atoms. The van der Waals surface area contributed by atoms with E-state index < -0.39 is 0 Å². The predicted molar refractivity (Wildman–Crippen MR) is 40.9 cm³/mol. The molecule has 2 nitrogen and oxygen atoms in total. The van der Waals surface area contributed by atoms with Gasteiger partial charge in [-0.25, -0.2) is 0 Å². The van der Waals surface area contributed by atoms with Gasteiger partial charge in [-0.05, 0) is 6.92 Å². The molecule has 0 saturated heterocycles. The molecule has 1 atom stereocenters. The largest absolute Gasteiger partial charge is 0.350 e. The number of nitrogens with one attached hydrogen (secondary N) is 1. The van der Waals surface area contributed by atoms with E-state index in [9.17, 15) is 4.79 Å². The van der Waals surface area contributed by atoms with Crippen molar-refractivity contribution in [2.45, 2.75) is 33.1 Å². The van der Waals surface area contributed by atoms with Crippen LogP contribution in [0.1, 0.15) is 20.3 Å². The van der Waals surface area contributed by atoms with Crippen LogP contribution >= 0.6 is 0 Å². The third kappa shape index (κ3) is 3.30. The number of carbonyl (C=O) groups excluding carboxylic acids is 1. The van der Waals surface area contributed by atoms with Crippen LogP contribution in [0.2, 0.25) is 6.82 Å². The summed E-state index contributed by atoms with van der Waals surface area (Å²) >= 11 is 0. The van der Waals surface area contributed by atoms with Crippen LogP contribution in [-0.4, -0.2) is 19.2 Å². The van der Waals surface area contributed by atoms with Crippen molar-refractivity contribution in [2.24, 2.45) is 0 Å². The van der Waals surface area contributed by atoms with Gasteiger partial charge in [0.2, 0.25) is 0 Å². The second-order valence-electron chi connectivity index (χ2n) is 2.10. The summed E-state index contributed by atoms with van der Waals surface area (Å²) in [5, 5.41) is 3.05. The summed E-state index contributed by atoms with van der Waals surface area (Å²) in [7, 11) is 0.868. The Labute approximate surface area is 57.3 Å². The summed E-state index contributed by atoms with van der Waals surface area (Å²) in [6, 6.07) is 0.0417. The molecule has 0 spiro atoms. The molecule has 0 heterocycles. The molecule has 0 radical (unpaired) electrons. The van der Waals surface area contributed by atoms with Crippen molar-refractivity contribution >= 4 is 13.2 Å². The number of carbonyl (C=O) groups is 1. The van der Waals surface area contributed by atoms with Crippen LogP contribution in [0.4, 0.5) is 0 Å². The van der Waals surface area contributed by atoms with Gasteiger partial charge in [0, 0.05) is 6.42 Å². The lowest BCUT2D eigenvalue weighted by Gasteiger charge is -2.07. The molecule has 0 bridgehead atoms. The second-order valence-corrected chi connectivity index (χ2v) is 2.10. The molecule has 0 aromatic heterocycles. The van der Waals surface area contributed by atoms with Gasteiger partial charge >= 0.3 is 0 Å². The molecule has 1 unspecified atom stereocenters. The maximum Gasteiger partial charge on any atom is 0.198 e. The van der Waals surface area contributed by atoms with E-state index >= 15 is 0 Å². The SMILES string of the molecule is CBNC(C)C(=O)CC. The fourth-order valence-electron chi connectivity index (χ4n) is 0.726. The van der Waals surface area contributed by atoms with Gasteiger partial charge in [-0.1, -0.05) is 13.7 Å². The molecule has 0 saturated carbocycles. The van der Waals surface area contributed by atoms with Crippen molar-refractivity contribution in [3.63, 3.8) is 0 Å². The number of ketones is 1. The van der Waals surface area contributed by atoms with Gasteiger partial charge < -0.3 is 5.23 Å². The minimum atomic E-state index is 0.0417. The molecule has 3 heteroatoms. The van der Waals surface area contributed by atoms with E-state index in [1.165, 1.54) is 0 Å². The molecule has 0 aliphatic heterocycles. The zero-order valence-corrected chi connectivity index (χ0v) is 6.40. The molecule has 52 valence electrons. The van der Waals surface area contributed by atoms with E-state index in [-0.39, 0.29) is 11.8 Å². The van der Waals surface area contributed by atoms with Crippen LogP contribution in [0.15, 0.2) is 0 Å². The maximum atomic E-state index is 10.8. The number of hydrogen-bond donors (Lipinski definition) is 1. The Bertz CT molecular complexity index is 95.1. The smallest absolute Gasteiger partial charge is 0.198 e. The van der Waals surface area contributed by atoms with Gasteiger partial charge in [-0.15, -0.1) is 0 Å². The highest BCUT2D eigenvalue weighted by atomic mass is 16.1. The Kier molecular flexibility index (Phi) is 4.41. The molecule has 0 fully saturated rings. The maximum absolute atomic E-state index is 10.8. The standard InChI is InChI=1S/C6H14BNO/c1-4-6(9)5(2)8-7-3/h5,7-8H,4H2,1-3H3. The Morgan fingerprint density at radius 2 is 2.33 bits per heavy atom. The number of rotatable bonds is 4. The first-order valence-corrected chi connectivity index (χ1v) is 3.48. The topological polar surface area (TPSA) is 29.1 Å². The molecular weight excluding hydrogens is 113 g/mol. The minimum Gasteiger partial charge on any atom is -0.350 e. The summed E-state index contributed by atoms with van der Waals surface area (Å²) in [5.74, 6) is 0.289. The van der Waals surface area contributed by atoms with E-state index in [1.807, 2.05) is 20.7 Å². The van der Waals surface area contributed by atoms with Crippen LogP contribution in [0.25, 0.3) is 0 Å². The third-order valence-corrected chi connectivity index (χ3v) is 1.34. The Morgan fingerprint density at radius 1 is 1.78 bits per heavy atom. The fraction of sp³-hybridized carbons (Fsp3) is 0.833. The first kappa shape index (κ1) is 8.69. The van der Waals surface area contributed by atoms with E-state index in [0.29, 0.717) is 6.42 Å². The monoisotopic (exact) mass is 127 g/mol. The molecule has 0 aliphatic rings. The Morgan fingerprint density at radius 3 is 2.67 bits per heavy atom. The van der Waals surface area contributed by atoms with Gasteiger partial charge in [0.05, 0.1) is 6.04 Å². The van der Waals surface area contributed by atoms with E-state index in [0.717, 1.165) is 7.41 Å². The summed E-state index contributed by atoms with van der Waals surface area (Å²) in [6.45, 7) is 5.78. The summed E-state index contributed by atoms with van der Waals surface area (Å²) < 4.78 is 0. The van der Waals surface area contributed by atoms with Gasteiger partial charge in [-0.2, -0.15) is 0 Å². The van der Waals surface area contributed by atoms with Gasteiger partial charge in [0.25, 0.3) is 0 Å². The Hall–Kier alpha value is -0.305. The van der Waals surface area contributed by atoms with Crippen LogP contribution in [0, 0.1) is 0 Å². The quantitative estimate of drug-likeness (QED) is 0.551. The predicted octanol–water partition coefficient (Wildman–Crippen LogP) is 0.343. The lowest BCUT2D eigenvalue weighted by atomic mass is 9.97. The first-order valence-electron chi connectivity index (χ1n) is 3.48. The van der Waals surface area contributed by atoms with Crippen LogP contribution in [0.5, 0.6) is 0 Å². The van der Waals surface area contributed by atoms with Crippen molar-refractivity contribution in [3.05, 3.63) is 0 Å². The highest BCUT2D eigenvalue weighted by Gasteiger charge is 2.06. The number of Topliss-reactive ketones (excluding diaryl/α,β-unsaturated/α-hetero) is 1. The fourth-order valence-corrected chi connectivity index (χ4v) is 0.726. The van der Waals surface area contributed by atoms with Crippen molar-refractivity contribution in [1.29, 1.82) is 0 Å². The molecule has 0 rings (SSSR count). The highest BCUT2D eigenvalue weighted by Crippen LogP contribution is 1.87. The second kappa shape index (κ2) is 4.56. The average Bonchev–Trinajstić information content (AvgIpc) is 1.87. The van der Waals surface area contributed by atoms with Gasteiger partial charge in [0.15, 0.2) is 7.41 Å². The molecule has 0 aromatic carbocycles. The molecule has 1 N–H and O–H groups in total. The summed E-state index contributed by atoms with van der Waals surface area (Å²) in [4.78, 5) is 10.8. The number of hydrogen-bond acceptors (Lipinski definition) is 2. The van der Waals surface area contributed by atoms with Crippen molar-refractivity contribution in [3.8, 4) is 0 Å². The lowest BCUT2D eigenvalue weighted by Crippen LogP contribution is -2.34. The van der Waals surface area contributed by atoms with Crippen molar-refractivity contribution in [1.82, 2.24) is 5.23 Å². The molecular formula is C6H14BNO. The zero-order valence-electron chi connectivity index (χ0n) is 6.40. The average molecular weight is 127 g/mol. The zero-order chi connectivity index (χ0) is 7.28. The lowest BCUT2D eigenvalue weighted by molar-refractivity contribution is -0.119. The van der Waals surface area contributed by atoms with Gasteiger partial charge in [-0.3, -0.25) is 4.79 Å². The van der Waals surface area contributed by atoms with Crippen molar-refractivity contribution in [2.75, 3.05) is 0 Å². The molecule has 0 amide bonds. The van der Waals surface area contributed by atoms with E-state index in [2.05, 4.69) is 5.23 Å². The van der Waals surface area contributed by atoms with Gasteiger partial charge in [0.1, 0.15) is 5.78 Å². The highest BCUT2D eigenvalue weighted by molar-refractivity contribution is 6.30. The molecule has 0 aromatic rings. The first-order chi connectivity index (χ1) is 4.22. The van der Waals surface area contributed by atoms with Crippen LogP contribution < -0.4 is 5.23 Å². The summed E-state index contributed by atoms with van der Waals surface area (Å²) in [6.07, 6.45) is 0.633.